The van der Waals surface area contributed by atoms with Crippen LogP contribution >= 0.6 is 0 Å². The van der Waals surface area contributed by atoms with Crippen LogP contribution in [0.15, 0.2) is 30.3 Å². The Kier molecular flexibility index (Phi) is 4.91. The van der Waals surface area contributed by atoms with E-state index in [2.05, 4.69) is 69.6 Å². The van der Waals surface area contributed by atoms with E-state index < -0.39 is 16.1 Å². The normalized spacial score (nSPS) is 13.2. The van der Waals surface area contributed by atoms with E-state index in [0.717, 1.165) is 3.11 Å². The van der Waals surface area contributed by atoms with Crippen LogP contribution in [0.2, 0.25) is 42.4 Å². The molecule has 0 N–H and O–H groups in total. The van der Waals surface area contributed by atoms with Crippen LogP contribution in [0.5, 0.6) is 0 Å². The molecule has 89 valence electrons. The Morgan fingerprint density at radius 3 is 1.62 bits per heavy atom. The molecule has 0 aliphatic rings. The van der Waals surface area contributed by atoms with Crippen LogP contribution in [-0.4, -0.2) is 37.8 Å². The van der Waals surface area contributed by atoms with Gasteiger partial charge in [-0.3, -0.25) is 0 Å². The molecule has 0 heterocycles. The summed E-state index contributed by atoms with van der Waals surface area (Å²) in [5.41, 5.74) is 0. The Labute approximate surface area is 113 Å². The first-order valence-electron chi connectivity index (χ1n) is 5.97. The molecule has 0 fully saturated rings. The third-order valence-corrected chi connectivity index (χ3v) is 28.6. The van der Waals surface area contributed by atoms with Gasteiger partial charge in [0.25, 0.3) is 0 Å². The van der Waals surface area contributed by atoms with Crippen LogP contribution < -0.4 is 3.51 Å². The summed E-state index contributed by atoms with van der Waals surface area (Å²) in [5.74, 6) is 0. The SMILES string of the molecule is C[Si](C)(C)[CH]([Sb][c]1ccccc1)[Si](C)(C)C. The summed E-state index contributed by atoms with van der Waals surface area (Å²) in [5, 5.41) is 0. The van der Waals surface area contributed by atoms with Crippen LogP contribution in [0.3, 0.4) is 0 Å². The van der Waals surface area contributed by atoms with Gasteiger partial charge in [0.15, 0.2) is 0 Å². The monoisotopic (exact) mass is 357 g/mol. The average Bonchev–Trinajstić information content (AvgIpc) is 2.12. The molecule has 0 aromatic heterocycles. The van der Waals surface area contributed by atoms with Crippen molar-refractivity contribution in [2.24, 2.45) is 0 Å². The minimum atomic E-state index is -0.976. The van der Waals surface area contributed by atoms with Gasteiger partial charge in [0.2, 0.25) is 0 Å². The van der Waals surface area contributed by atoms with Gasteiger partial charge >= 0.3 is 114 Å². The zero-order valence-corrected chi connectivity index (χ0v) is 16.0. The molecule has 0 spiro atoms. The Hall–Kier alpha value is 0.472. The molecule has 0 nitrogen and oxygen atoms in total. The molecule has 1 aromatic rings. The predicted octanol–water partition coefficient (Wildman–Crippen LogP) is 3.56. The molecule has 3 heteroatoms. The van der Waals surface area contributed by atoms with Gasteiger partial charge in [-0.2, -0.15) is 0 Å². The second-order valence-electron chi connectivity index (χ2n) is 6.60. The number of benzene rings is 1. The van der Waals surface area contributed by atoms with Crippen molar-refractivity contribution < 1.29 is 0 Å². The van der Waals surface area contributed by atoms with Crippen molar-refractivity contribution in [2.45, 2.75) is 42.4 Å². The molecule has 0 aliphatic heterocycles. The number of rotatable bonds is 4. The molecule has 1 radical (unpaired) electrons. The van der Waals surface area contributed by atoms with E-state index in [-0.39, 0.29) is 21.6 Å². The summed E-state index contributed by atoms with van der Waals surface area (Å²) >= 11 is -0.193. The van der Waals surface area contributed by atoms with E-state index >= 15 is 0 Å². The van der Waals surface area contributed by atoms with Crippen molar-refractivity contribution in [2.75, 3.05) is 0 Å². The fourth-order valence-corrected chi connectivity index (χ4v) is 24.0. The quantitative estimate of drug-likeness (QED) is 0.722. The van der Waals surface area contributed by atoms with E-state index in [9.17, 15) is 0 Å². The molecule has 0 aliphatic carbocycles. The Balaban J connectivity index is 2.89. The Morgan fingerprint density at radius 1 is 0.812 bits per heavy atom. The van der Waals surface area contributed by atoms with E-state index in [0.29, 0.717) is 0 Å². The van der Waals surface area contributed by atoms with E-state index in [1.807, 2.05) is 0 Å². The first-order chi connectivity index (χ1) is 7.21. The molecule has 0 amide bonds. The van der Waals surface area contributed by atoms with Crippen LogP contribution in [0, 0.1) is 0 Å². The molecule has 0 atom stereocenters. The fraction of sp³-hybridized carbons (Fsp3) is 0.538. The summed E-state index contributed by atoms with van der Waals surface area (Å²) in [6.07, 6.45) is 0. The van der Waals surface area contributed by atoms with Crippen molar-refractivity contribution in [1.82, 2.24) is 0 Å². The van der Waals surface area contributed by atoms with Gasteiger partial charge in [0, 0.05) is 0 Å². The van der Waals surface area contributed by atoms with Gasteiger partial charge in [-0.15, -0.1) is 0 Å². The van der Waals surface area contributed by atoms with E-state index in [1.54, 1.807) is 3.51 Å². The summed E-state index contributed by atoms with van der Waals surface area (Å²) in [4.78, 5) is 0. The molecule has 0 bridgehead atoms. The molecule has 0 unspecified atom stereocenters. The summed E-state index contributed by atoms with van der Waals surface area (Å²) in [7, 11) is -1.95. The van der Waals surface area contributed by atoms with Crippen molar-refractivity contribution >= 4 is 41.3 Å². The fourth-order valence-electron chi connectivity index (χ4n) is 2.35. The maximum atomic E-state index is 2.56. The van der Waals surface area contributed by atoms with Crippen LogP contribution in [0.4, 0.5) is 0 Å². The van der Waals surface area contributed by atoms with Crippen molar-refractivity contribution in [3.05, 3.63) is 30.3 Å². The molecule has 1 aromatic carbocycles. The second kappa shape index (κ2) is 5.41. The van der Waals surface area contributed by atoms with Gasteiger partial charge in [0.05, 0.1) is 0 Å². The third kappa shape index (κ3) is 4.39. The Bertz CT molecular complexity index is 308. The maximum absolute atomic E-state index is 2.56. The summed E-state index contributed by atoms with van der Waals surface area (Å²) < 4.78 is 2.80. The molecule has 16 heavy (non-hydrogen) atoms. The van der Waals surface area contributed by atoms with Crippen LogP contribution in [0.1, 0.15) is 0 Å². The van der Waals surface area contributed by atoms with Crippen molar-refractivity contribution in [3.63, 3.8) is 0 Å². The Morgan fingerprint density at radius 2 is 1.25 bits per heavy atom. The van der Waals surface area contributed by atoms with Crippen LogP contribution in [0.25, 0.3) is 0 Å². The van der Waals surface area contributed by atoms with Gasteiger partial charge in [-0.25, -0.2) is 0 Å². The third-order valence-electron chi connectivity index (χ3n) is 2.67. The first-order valence-corrected chi connectivity index (χ1v) is 15.9. The van der Waals surface area contributed by atoms with Crippen molar-refractivity contribution in [1.29, 1.82) is 0 Å². The number of hydrogen-bond acceptors (Lipinski definition) is 0. The minimum absolute atomic E-state index is 0.193. The van der Waals surface area contributed by atoms with Crippen molar-refractivity contribution in [3.8, 4) is 0 Å². The van der Waals surface area contributed by atoms with Crippen LogP contribution in [-0.2, 0) is 0 Å². The standard InChI is InChI=1S/C7H19Si2.C6H5.Sb/c1-8(2,3)7-9(4,5)6;1-2-4-6-5-3-1;/h7H,1-6H3;1-5H;. The predicted molar refractivity (Wildman–Crippen MR) is 82.3 cm³/mol. The molecule has 1 rings (SSSR count). The van der Waals surface area contributed by atoms with Gasteiger partial charge in [0.1, 0.15) is 0 Å². The van der Waals surface area contributed by atoms with E-state index in [1.165, 1.54) is 0 Å². The van der Waals surface area contributed by atoms with Gasteiger partial charge in [-0.05, 0) is 0 Å². The first kappa shape index (κ1) is 14.5. The summed E-state index contributed by atoms with van der Waals surface area (Å²) in [6.45, 7) is 15.4. The van der Waals surface area contributed by atoms with E-state index in [4.69, 9.17) is 0 Å². The topological polar surface area (TPSA) is 0 Å². The molecular weight excluding hydrogens is 334 g/mol. The zero-order valence-electron chi connectivity index (χ0n) is 11.4. The molecule has 0 saturated carbocycles. The molecule has 0 saturated heterocycles. The van der Waals surface area contributed by atoms with Gasteiger partial charge < -0.3 is 0 Å². The second-order valence-corrected chi connectivity index (χ2v) is 24.4. The number of hydrogen-bond donors (Lipinski definition) is 0. The molecular formula is C13H24SbSi2. The zero-order chi connectivity index (χ0) is 12.4. The van der Waals surface area contributed by atoms with Gasteiger partial charge in [-0.1, -0.05) is 0 Å². The summed E-state index contributed by atoms with van der Waals surface area (Å²) in [6, 6.07) is 11.2. The average molecular weight is 358 g/mol.